The van der Waals surface area contributed by atoms with Gasteiger partial charge in [-0.3, -0.25) is 0 Å². The van der Waals surface area contributed by atoms with Crippen molar-refractivity contribution in [3.63, 3.8) is 0 Å². The van der Waals surface area contributed by atoms with E-state index < -0.39 is 0 Å². The van der Waals surface area contributed by atoms with E-state index in [0.717, 1.165) is 0 Å². The van der Waals surface area contributed by atoms with Crippen LogP contribution in [0.5, 0.6) is 0 Å². The lowest BCUT2D eigenvalue weighted by atomic mass is 10.4. The van der Waals surface area contributed by atoms with Gasteiger partial charge in [-0.05, 0) is 37.3 Å². The summed E-state index contributed by atoms with van der Waals surface area (Å²) in [6.45, 7) is 2.08. The van der Waals surface area contributed by atoms with E-state index in [2.05, 4.69) is 79.1 Å². The predicted octanol–water partition coefficient (Wildman–Crippen LogP) is 4.26. The summed E-state index contributed by atoms with van der Waals surface area (Å²) < 4.78 is 0. The quantitative estimate of drug-likeness (QED) is 0.687. The van der Waals surface area contributed by atoms with Crippen molar-refractivity contribution in [2.45, 2.75) is 16.7 Å². The second kappa shape index (κ2) is 5.57. The number of rotatable bonds is 3. The molecule has 2 rings (SSSR count). The standard InChI is InChI=1S/C15H15S/c1-2-13-16(14-9-5-3-6-10-14)15-11-7-4-8-12-15/h2-13H,1H3/q+1/b13-2+. The molecule has 0 heterocycles. The van der Waals surface area contributed by atoms with Crippen molar-refractivity contribution in [1.29, 1.82) is 0 Å². The SMILES string of the molecule is C/C=C/[S+](c1ccccc1)c1ccccc1. The van der Waals surface area contributed by atoms with Gasteiger partial charge in [0.2, 0.25) is 0 Å². The molecule has 0 atom stereocenters. The Morgan fingerprint density at radius 2 is 1.19 bits per heavy atom. The van der Waals surface area contributed by atoms with Crippen LogP contribution >= 0.6 is 0 Å². The van der Waals surface area contributed by atoms with Crippen LogP contribution in [0.15, 0.2) is 81.9 Å². The lowest BCUT2D eigenvalue weighted by Gasteiger charge is -2.02. The highest BCUT2D eigenvalue weighted by Gasteiger charge is 2.20. The first-order chi connectivity index (χ1) is 7.92. The van der Waals surface area contributed by atoms with Gasteiger partial charge in [-0.1, -0.05) is 36.4 Å². The molecule has 0 N–H and O–H groups in total. The molecule has 0 aromatic heterocycles. The fourth-order valence-electron chi connectivity index (χ4n) is 1.56. The maximum absolute atomic E-state index is 2.27. The Hall–Kier alpha value is -1.47. The van der Waals surface area contributed by atoms with Gasteiger partial charge < -0.3 is 0 Å². The molecular formula is C15H15S+. The van der Waals surface area contributed by atoms with E-state index in [0.29, 0.717) is 0 Å². The van der Waals surface area contributed by atoms with Gasteiger partial charge >= 0.3 is 0 Å². The molecule has 0 amide bonds. The van der Waals surface area contributed by atoms with Crippen molar-refractivity contribution in [2.24, 2.45) is 0 Å². The molecule has 0 aliphatic heterocycles. The van der Waals surface area contributed by atoms with Gasteiger partial charge in [-0.2, -0.15) is 0 Å². The third kappa shape index (κ3) is 2.56. The van der Waals surface area contributed by atoms with Gasteiger partial charge in [-0.25, -0.2) is 0 Å². The number of hydrogen-bond acceptors (Lipinski definition) is 0. The van der Waals surface area contributed by atoms with E-state index >= 15 is 0 Å². The molecule has 0 aliphatic rings. The molecule has 0 saturated heterocycles. The molecule has 0 aliphatic carbocycles. The first-order valence-corrected chi connectivity index (χ1v) is 6.66. The zero-order valence-electron chi connectivity index (χ0n) is 9.34. The van der Waals surface area contributed by atoms with Crippen LogP contribution in [-0.2, 0) is 10.9 Å². The van der Waals surface area contributed by atoms with Crippen LogP contribution in [0.3, 0.4) is 0 Å². The molecule has 0 radical (unpaired) electrons. The summed E-state index contributed by atoms with van der Waals surface area (Å²) in [5.74, 6) is 0. The normalized spacial score (nSPS) is 11.1. The van der Waals surface area contributed by atoms with E-state index in [4.69, 9.17) is 0 Å². The summed E-state index contributed by atoms with van der Waals surface area (Å²) in [4.78, 5) is 2.73. The molecule has 0 fully saturated rings. The summed E-state index contributed by atoms with van der Waals surface area (Å²) in [7, 11) is 0.0682. The summed E-state index contributed by atoms with van der Waals surface area (Å²) in [5, 5.41) is 2.27. The largest absolute Gasteiger partial charge is 0.165 e. The molecule has 0 saturated carbocycles. The van der Waals surface area contributed by atoms with Crippen molar-refractivity contribution < 1.29 is 0 Å². The Balaban J connectivity index is 2.39. The average Bonchev–Trinajstić information content (AvgIpc) is 2.38. The molecule has 0 spiro atoms. The van der Waals surface area contributed by atoms with Crippen molar-refractivity contribution in [3.05, 3.63) is 72.1 Å². The van der Waals surface area contributed by atoms with Gasteiger partial charge in [0.1, 0.15) is 5.41 Å². The fourth-order valence-corrected chi connectivity index (χ4v) is 3.32. The molecular weight excluding hydrogens is 212 g/mol. The van der Waals surface area contributed by atoms with Crippen molar-refractivity contribution in [1.82, 2.24) is 0 Å². The lowest BCUT2D eigenvalue weighted by Crippen LogP contribution is -1.98. The van der Waals surface area contributed by atoms with Crippen molar-refractivity contribution >= 4 is 10.9 Å². The third-order valence-electron chi connectivity index (χ3n) is 2.27. The maximum Gasteiger partial charge on any atom is 0.165 e. The van der Waals surface area contributed by atoms with Crippen LogP contribution in [0.1, 0.15) is 6.92 Å². The molecule has 1 heteroatoms. The van der Waals surface area contributed by atoms with Crippen LogP contribution < -0.4 is 0 Å². The van der Waals surface area contributed by atoms with Crippen molar-refractivity contribution in [2.75, 3.05) is 0 Å². The Morgan fingerprint density at radius 1 is 0.750 bits per heavy atom. The molecule has 0 bridgehead atoms. The van der Waals surface area contributed by atoms with E-state index in [1.807, 2.05) is 0 Å². The summed E-state index contributed by atoms with van der Waals surface area (Å²) in [6, 6.07) is 21.3. The highest BCUT2D eigenvalue weighted by Crippen LogP contribution is 2.24. The van der Waals surface area contributed by atoms with Gasteiger partial charge in [-0.15, -0.1) is 0 Å². The Bertz CT molecular complexity index is 406. The monoisotopic (exact) mass is 227 g/mol. The molecule has 16 heavy (non-hydrogen) atoms. The highest BCUT2D eigenvalue weighted by molar-refractivity contribution is 7.99. The van der Waals surface area contributed by atoms with E-state index in [1.165, 1.54) is 9.79 Å². The summed E-state index contributed by atoms with van der Waals surface area (Å²) in [5.41, 5.74) is 0. The minimum Gasteiger partial charge on any atom is -0.0619 e. The summed E-state index contributed by atoms with van der Waals surface area (Å²) >= 11 is 0. The summed E-state index contributed by atoms with van der Waals surface area (Å²) in [6.07, 6.45) is 2.13. The van der Waals surface area contributed by atoms with Crippen LogP contribution in [0, 0.1) is 0 Å². The van der Waals surface area contributed by atoms with Crippen LogP contribution in [-0.4, -0.2) is 0 Å². The van der Waals surface area contributed by atoms with Crippen LogP contribution in [0.25, 0.3) is 0 Å². The maximum atomic E-state index is 2.27. The van der Waals surface area contributed by atoms with Crippen LogP contribution in [0.4, 0.5) is 0 Å². The van der Waals surface area contributed by atoms with Gasteiger partial charge in [0.05, 0.1) is 10.9 Å². The highest BCUT2D eigenvalue weighted by atomic mass is 32.2. The topological polar surface area (TPSA) is 0 Å². The zero-order chi connectivity index (χ0) is 11.2. The predicted molar refractivity (Wildman–Crippen MR) is 71.6 cm³/mol. The number of hydrogen-bond donors (Lipinski definition) is 0. The molecule has 0 unspecified atom stereocenters. The average molecular weight is 227 g/mol. The first-order valence-electron chi connectivity index (χ1n) is 5.38. The number of benzene rings is 2. The molecule has 2 aromatic carbocycles. The van der Waals surface area contributed by atoms with E-state index in [-0.39, 0.29) is 10.9 Å². The molecule has 0 nitrogen and oxygen atoms in total. The lowest BCUT2D eigenvalue weighted by molar-refractivity contribution is 1.38. The second-order valence-corrected chi connectivity index (χ2v) is 5.32. The van der Waals surface area contributed by atoms with Gasteiger partial charge in [0, 0.05) is 0 Å². The van der Waals surface area contributed by atoms with E-state index in [9.17, 15) is 0 Å². The Kier molecular flexibility index (Phi) is 3.84. The molecule has 80 valence electrons. The third-order valence-corrected chi connectivity index (χ3v) is 4.37. The van der Waals surface area contributed by atoms with Crippen LogP contribution in [0.2, 0.25) is 0 Å². The second-order valence-electron chi connectivity index (χ2n) is 3.43. The Morgan fingerprint density at radius 3 is 1.56 bits per heavy atom. The minimum absolute atomic E-state index is 0.0682. The van der Waals surface area contributed by atoms with Gasteiger partial charge in [0.25, 0.3) is 0 Å². The van der Waals surface area contributed by atoms with Crippen molar-refractivity contribution in [3.8, 4) is 0 Å². The fraction of sp³-hybridized carbons (Fsp3) is 0.0667. The zero-order valence-corrected chi connectivity index (χ0v) is 10.2. The smallest absolute Gasteiger partial charge is 0.0619 e. The van der Waals surface area contributed by atoms with E-state index in [1.54, 1.807) is 0 Å². The number of allylic oxidation sites excluding steroid dienone is 1. The first kappa shape index (κ1) is 11.0. The minimum atomic E-state index is 0.0682. The molecule has 2 aromatic rings. The Labute approximate surface area is 100.0 Å². The van der Waals surface area contributed by atoms with Gasteiger partial charge in [0.15, 0.2) is 9.79 Å².